The normalized spacial score (nSPS) is 11.0. The second-order valence-electron chi connectivity index (χ2n) is 4.46. The minimum Gasteiger partial charge on any atom is -0.507 e. The quantitative estimate of drug-likeness (QED) is 0.778. The monoisotopic (exact) mass is 323 g/mol. The van der Waals surface area contributed by atoms with Crippen LogP contribution in [0.4, 0.5) is 5.69 Å². The number of anilines is 1. The first-order valence-corrected chi connectivity index (χ1v) is 7.96. The molecule has 0 radical (unpaired) electrons. The number of ether oxygens (including phenoxy) is 1. The van der Waals surface area contributed by atoms with E-state index in [1.807, 2.05) is 0 Å². The van der Waals surface area contributed by atoms with E-state index in [9.17, 15) is 18.3 Å². The van der Waals surface area contributed by atoms with E-state index >= 15 is 0 Å². The number of benzene rings is 2. The molecule has 0 aliphatic carbocycles. The van der Waals surface area contributed by atoms with Gasteiger partial charge in [-0.25, -0.2) is 13.2 Å². The average molecular weight is 323 g/mol. The van der Waals surface area contributed by atoms with Crippen LogP contribution in [0.5, 0.6) is 17.2 Å². The van der Waals surface area contributed by atoms with Gasteiger partial charge in [-0.2, -0.15) is 0 Å². The number of para-hydroxylation sites is 1. The molecule has 2 aromatic carbocycles. The van der Waals surface area contributed by atoms with Crippen molar-refractivity contribution in [3.05, 3.63) is 48.0 Å². The molecule has 0 spiro atoms. The Morgan fingerprint density at radius 2 is 1.82 bits per heavy atom. The van der Waals surface area contributed by atoms with Gasteiger partial charge in [-0.3, -0.25) is 4.72 Å². The molecule has 0 unspecified atom stereocenters. The summed E-state index contributed by atoms with van der Waals surface area (Å²) >= 11 is 0. The number of rotatable bonds is 5. The number of hydrogen-bond acceptors (Lipinski definition) is 5. The van der Waals surface area contributed by atoms with E-state index in [1.165, 1.54) is 0 Å². The van der Waals surface area contributed by atoms with Gasteiger partial charge in [0, 0.05) is 12.1 Å². The van der Waals surface area contributed by atoms with Crippen molar-refractivity contribution in [3.8, 4) is 17.2 Å². The van der Waals surface area contributed by atoms with E-state index in [2.05, 4.69) is 4.72 Å². The fourth-order valence-corrected chi connectivity index (χ4v) is 2.28. The highest BCUT2D eigenvalue weighted by Crippen LogP contribution is 2.35. The summed E-state index contributed by atoms with van der Waals surface area (Å²) in [5, 5.41) is 18.7. The van der Waals surface area contributed by atoms with E-state index in [-0.39, 0.29) is 11.4 Å². The van der Waals surface area contributed by atoms with Gasteiger partial charge < -0.3 is 14.9 Å². The molecule has 0 amide bonds. The molecule has 0 aromatic heterocycles. The largest absolute Gasteiger partial charge is 0.507 e. The van der Waals surface area contributed by atoms with Crippen molar-refractivity contribution in [2.24, 2.45) is 0 Å². The minimum absolute atomic E-state index is 0.0353. The molecule has 0 bridgehead atoms. The Hall–Kier alpha value is -2.74. The van der Waals surface area contributed by atoms with Crippen LogP contribution in [-0.2, 0) is 10.0 Å². The van der Waals surface area contributed by atoms with Crippen molar-refractivity contribution in [2.75, 3.05) is 11.0 Å². The summed E-state index contributed by atoms with van der Waals surface area (Å²) in [6, 6.07) is 10.5. The molecule has 0 fully saturated rings. The van der Waals surface area contributed by atoms with Crippen LogP contribution in [0.2, 0.25) is 0 Å². The highest BCUT2D eigenvalue weighted by Gasteiger charge is 2.18. The smallest absolute Gasteiger partial charge is 0.339 e. The SMILES string of the molecule is CS(=O)(=O)Nc1cc(O)c(C(=O)O)cc1Oc1ccccc1. The molecule has 0 saturated heterocycles. The number of nitrogens with one attached hydrogen (secondary N) is 1. The maximum Gasteiger partial charge on any atom is 0.339 e. The molecule has 0 aliphatic heterocycles. The van der Waals surface area contributed by atoms with Gasteiger partial charge in [-0.05, 0) is 12.1 Å². The lowest BCUT2D eigenvalue weighted by Gasteiger charge is -2.14. The second-order valence-corrected chi connectivity index (χ2v) is 6.21. The maximum absolute atomic E-state index is 11.4. The van der Waals surface area contributed by atoms with Crippen LogP contribution in [0.3, 0.4) is 0 Å². The highest BCUT2D eigenvalue weighted by molar-refractivity contribution is 7.92. The van der Waals surface area contributed by atoms with Crippen molar-refractivity contribution in [1.29, 1.82) is 0 Å². The molecule has 2 aromatic rings. The number of carboxylic acid groups (broad SMARTS) is 1. The summed E-state index contributed by atoms with van der Waals surface area (Å²) in [5.41, 5.74) is -0.459. The lowest BCUT2D eigenvalue weighted by Crippen LogP contribution is -2.11. The number of carboxylic acids is 1. The number of hydrogen-bond donors (Lipinski definition) is 3. The van der Waals surface area contributed by atoms with Gasteiger partial charge in [0.15, 0.2) is 5.75 Å². The van der Waals surface area contributed by atoms with Gasteiger partial charge in [0.1, 0.15) is 17.1 Å². The van der Waals surface area contributed by atoms with Crippen LogP contribution in [0.25, 0.3) is 0 Å². The van der Waals surface area contributed by atoms with Crippen LogP contribution < -0.4 is 9.46 Å². The molecular weight excluding hydrogens is 310 g/mol. The summed E-state index contributed by atoms with van der Waals surface area (Å²) in [7, 11) is -3.63. The van der Waals surface area contributed by atoms with Crippen LogP contribution in [0.15, 0.2) is 42.5 Å². The first-order valence-electron chi connectivity index (χ1n) is 6.07. The summed E-state index contributed by atoms with van der Waals surface area (Å²) in [6.07, 6.45) is 0.932. The lowest BCUT2D eigenvalue weighted by molar-refractivity contribution is 0.0693. The molecule has 0 aliphatic rings. The summed E-state index contributed by atoms with van der Waals surface area (Å²) < 4.78 is 30.4. The second kappa shape index (κ2) is 5.94. The van der Waals surface area contributed by atoms with Gasteiger partial charge in [0.2, 0.25) is 10.0 Å². The zero-order chi connectivity index (χ0) is 16.3. The number of aromatic carboxylic acids is 1. The Balaban J connectivity index is 2.51. The van der Waals surface area contributed by atoms with E-state index in [1.54, 1.807) is 30.3 Å². The molecule has 22 heavy (non-hydrogen) atoms. The fourth-order valence-electron chi connectivity index (χ4n) is 1.72. The predicted octanol–water partition coefficient (Wildman–Crippen LogP) is 2.25. The van der Waals surface area contributed by atoms with Crippen LogP contribution in [0.1, 0.15) is 10.4 Å². The Morgan fingerprint density at radius 1 is 1.18 bits per heavy atom. The first-order chi connectivity index (χ1) is 10.3. The summed E-state index contributed by atoms with van der Waals surface area (Å²) in [6.45, 7) is 0. The third kappa shape index (κ3) is 3.89. The predicted molar refractivity (Wildman–Crippen MR) is 80.0 cm³/mol. The zero-order valence-electron chi connectivity index (χ0n) is 11.5. The molecule has 8 heteroatoms. The van der Waals surface area contributed by atoms with Crippen LogP contribution >= 0.6 is 0 Å². The van der Waals surface area contributed by atoms with E-state index in [4.69, 9.17) is 9.84 Å². The topological polar surface area (TPSA) is 113 Å². The third-order valence-electron chi connectivity index (χ3n) is 2.59. The number of carbonyl (C=O) groups is 1. The summed E-state index contributed by atoms with van der Waals surface area (Å²) in [5.74, 6) is -1.58. The maximum atomic E-state index is 11.4. The van der Waals surface area contributed by atoms with Gasteiger partial charge in [-0.1, -0.05) is 18.2 Å². The Labute approximate surface area is 126 Å². The molecule has 0 heterocycles. The van der Waals surface area contributed by atoms with E-state index in [0.29, 0.717) is 5.75 Å². The minimum atomic E-state index is -3.63. The number of phenols is 1. The molecule has 116 valence electrons. The lowest BCUT2D eigenvalue weighted by atomic mass is 10.1. The Bertz CT molecular complexity index is 802. The van der Waals surface area contributed by atoms with Crippen molar-refractivity contribution in [3.63, 3.8) is 0 Å². The summed E-state index contributed by atoms with van der Waals surface area (Å²) in [4.78, 5) is 11.1. The standard InChI is InChI=1S/C14H13NO6S/c1-22(19,20)15-11-8-12(16)10(14(17)18)7-13(11)21-9-5-3-2-4-6-9/h2-8,15-16H,1H3,(H,17,18). The van der Waals surface area contributed by atoms with Gasteiger partial charge in [0.05, 0.1) is 11.9 Å². The molecule has 2 rings (SSSR count). The number of aromatic hydroxyl groups is 1. The van der Waals surface area contributed by atoms with E-state index < -0.39 is 27.3 Å². The Kier molecular flexibility index (Phi) is 4.22. The zero-order valence-corrected chi connectivity index (χ0v) is 12.3. The van der Waals surface area contributed by atoms with Gasteiger partial charge >= 0.3 is 5.97 Å². The molecular formula is C14H13NO6S. The molecule has 7 nitrogen and oxygen atoms in total. The van der Waals surface area contributed by atoms with Crippen molar-refractivity contribution in [1.82, 2.24) is 0 Å². The van der Waals surface area contributed by atoms with E-state index in [0.717, 1.165) is 18.4 Å². The first kappa shape index (κ1) is 15.6. The fraction of sp³-hybridized carbons (Fsp3) is 0.0714. The van der Waals surface area contributed by atoms with Crippen molar-refractivity contribution < 1.29 is 28.2 Å². The molecule has 0 saturated carbocycles. The average Bonchev–Trinajstić information content (AvgIpc) is 2.40. The van der Waals surface area contributed by atoms with Gasteiger partial charge in [0.25, 0.3) is 0 Å². The third-order valence-corrected chi connectivity index (χ3v) is 3.19. The molecule has 3 N–H and O–H groups in total. The Morgan fingerprint density at radius 3 is 2.36 bits per heavy atom. The van der Waals surface area contributed by atoms with Crippen LogP contribution in [0, 0.1) is 0 Å². The van der Waals surface area contributed by atoms with Crippen molar-refractivity contribution in [2.45, 2.75) is 0 Å². The number of sulfonamides is 1. The van der Waals surface area contributed by atoms with Crippen molar-refractivity contribution >= 4 is 21.7 Å². The highest BCUT2D eigenvalue weighted by atomic mass is 32.2. The van der Waals surface area contributed by atoms with Crippen LogP contribution in [-0.4, -0.2) is 30.9 Å². The molecule has 0 atom stereocenters. The van der Waals surface area contributed by atoms with Gasteiger partial charge in [-0.15, -0.1) is 0 Å².